The van der Waals surface area contributed by atoms with Crippen LogP contribution in [0.2, 0.25) is 0 Å². The van der Waals surface area contributed by atoms with Crippen LogP contribution in [0.25, 0.3) is 0 Å². The number of nitrogens with one attached hydrogen (secondary N) is 1. The van der Waals surface area contributed by atoms with E-state index in [0.29, 0.717) is 12.1 Å². The molecular formula is C11H19N3. The zero-order chi connectivity index (χ0) is 9.97. The first-order valence-corrected chi connectivity index (χ1v) is 5.42. The summed E-state index contributed by atoms with van der Waals surface area (Å²) in [4.78, 5) is 5.78. The van der Waals surface area contributed by atoms with Gasteiger partial charge in [0.25, 0.3) is 0 Å². The number of likely N-dealkylation sites (tertiary alicyclic amines) is 1. The average molecular weight is 193 g/mol. The molecule has 0 aromatic carbocycles. The molecule has 2 rings (SSSR count). The van der Waals surface area contributed by atoms with Gasteiger partial charge in [-0.3, -0.25) is 4.90 Å². The fourth-order valence-electron chi connectivity index (χ4n) is 2.40. The number of hydrogen-bond donors (Lipinski definition) is 2. The van der Waals surface area contributed by atoms with Gasteiger partial charge < -0.3 is 10.7 Å². The highest BCUT2D eigenvalue weighted by atomic mass is 15.2. The largest absolute Gasteiger partial charge is 0.364 e. The molecule has 3 heteroatoms. The molecule has 0 aliphatic carbocycles. The van der Waals surface area contributed by atoms with Crippen LogP contribution in [0.5, 0.6) is 0 Å². The molecular weight excluding hydrogens is 174 g/mol. The normalized spacial score (nSPS) is 25.4. The third kappa shape index (κ3) is 1.70. The minimum Gasteiger partial charge on any atom is -0.364 e. The Bertz CT molecular complexity index is 268. The van der Waals surface area contributed by atoms with Gasteiger partial charge >= 0.3 is 0 Å². The van der Waals surface area contributed by atoms with Crippen LogP contribution < -0.4 is 5.73 Å². The lowest BCUT2D eigenvalue weighted by Crippen LogP contribution is -2.37. The summed E-state index contributed by atoms with van der Waals surface area (Å²) < 4.78 is 0. The molecule has 1 aromatic heterocycles. The Balaban J connectivity index is 2.07. The van der Waals surface area contributed by atoms with Gasteiger partial charge in [0, 0.05) is 30.5 Å². The smallest absolute Gasteiger partial charge is 0.0473 e. The molecule has 1 aromatic rings. The van der Waals surface area contributed by atoms with E-state index in [0.717, 1.165) is 6.54 Å². The first-order chi connectivity index (χ1) is 6.83. The van der Waals surface area contributed by atoms with E-state index in [1.807, 2.05) is 6.20 Å². The molecule has 0 bridgehead atoms. The van der Waals surface area contributed by atoms with Crippen LogP contribution in [-0.2, 0) is 0 Å². The Morgan fingerprint density at radius 3 is 3.21 bits per heavy atom. The molecule has 2 heterocycles. The maximum Gasteiger partial charge on any atom is 0.0473 e. The average Bonchev–Trinajstić information content (AvgIpc) is 2.87. The first-order valence-electron chi connectivity index (χ1n) is 5.42. The summed E-state index contributed by atoms with van der Waals surface area (Å²) in [5, 5.41) is 0. The van der Waals surface area contributed by atoms with Crippen LogP contribution in [0.15, 0.2) is 18.3 Å². The minimum atomic E-state index is 0.473. The van der Waals surface area contributed by atoms with Crippen molar-refractivity contribution in [3.8, 4) is 0 Å². The molecule has 2 atom stereocenters. The van der Waals surface area contributed by atoms with Gasteiger partial charge in [-0.2, -0.15) is 0 Å². The fourth-order valence-corrected chi connectivity index (χ4v) is 2.40. The zero-order valence-corrected chi connectivity index (χ0v) is 8.74. The summed E-state index contributed by atoms with van der Waals surface area (Å²) in [6, 6.07) is 5.25. The van der Waals surface area contributed by atoms with E-state index in [4.69, 9.17) is 5.73 Å². The number of nitrogens with zero attached hydrogens (tertiary/aromatic N) is 1. The highest BCUT2D eigenvalue weighted by Crippen LogP contribution is 2.27. The van der Waals surface area contributed by atoms with Crippen molar-refractivity contribution in [2.75, 3.05) is 13.1 Å². The molecule has 78 valence electrons. The van der Waals surface area contributed by atoms with E-state index in [9.17, 15) is 0 Å². The third-order valence-electron chi connectivity index (χ3n) is 3.26. The molecule has 14 heavy (non-hydrogen) atoms. The molecule has 3 nitrogen and oxygen atoms in total. The van der Waals surface area contributed by atoms with Gasteiger partial charge in [0.05, 0.1) is 0 Å². The monoisotopic (exact) mass is 193 g/mol. The second kappa shape index (κ2) is 4.15. The van der Waals surface area contributed by atoms with Crippen molar-refractivity contribution in [1.82, 2.24) is 9.88 Å². The van der Waals surface area contributed by atoms with Crippen LogP contribution in [0.3, 0.4) is 0 Å². The summed E-state index contributed by atoms with van der Waals surface area (Å²) in [7, 11) is 0. The van der Waals surface area contributed by atoms with Crippen molar-refractivity contribution in [2.45, 2.75) is 31.8 Å². The minimum absolute atomic E-state index is 0.473. The van der Waals surface area contributed by atoms with E-state index < -0.39 is 0 Å². The van der Waals surface area contributed by atoms with Crippen LogP contribution in [-0.4, -0.2) is 29.0 Å². The van der Waals surface area contributed by atoms with E-state index in [1.54, 1.807) is 0 Å². The van der Waals surface area contributed by atoms with Gasteiger partial charge in [0.1, 0.15) is 0 Å². The molecule has 1 fully saturated rings. The lowest BCUT2D eigenvalue weighted by atomic mass is 10.1. The zero-order valence-electron chi connectivity index (χ0n) is 8.74. The van der Waals surface area contributed by atoms with Crippen molar-refractivity contribution in [3.05, 3.63) is 24.0 Å². The maximum absolute atomic E-state index is 5.76. The topological polar surface area (TPSA) is 45.0 Å². The van der Waals surface area contributed by atoms with Crippen LogP contribution in [0, 0.1) is 0 Å². The van der Waals surface area contributed by atoms with Crippen molar-refractivity contribution in [1.29, 1.82) is 0 Å². The molecule has 0 saturated carbocycles. The molecule has 0 unspecified atom stereocenters. The summed E-state index contributed by atoms with van der Waals surface area (Å²) in [5.41, 5.74) is 7.06. The van der Waals surface area contributed by atoms with Gasteiger partial charge in [-0.25, -0.2) is 0 Å². The molecule has 0 amide bonds. The van der Waals surface area contributed by atoms with Crippen LogP contribution in [0.4, 0.5) is 0 Å². The molecule has 0 radical (unpaired) electrons. The molecule has 1 aliphatic rings. The summed E-state index contributed by atoms with van der Waals surface area (Å²) >= 11 is 0. The summed E-state index contributed by atoms with van der Waals surface area (Å²) in [6.45, 7) is 4.22. The van der Waals surface area contributed by atoms with Crippen molar-refractivity contribution in [2.24, 2.45) is 5.73 Å². The maximum atomic E-state index is 5.76. The first kappa shape index (κ1) is 9.74. The Labute approximate surface area is 85.3 Å². The van der Waals surface area contributed by atoms with E-state index in [2.05, 4.69) is 28.9 Å². The van der Waals surface area contributed by atoms with Gasteiger partial charge in [-0.1, -0.05) is 0 Å². The number of hydrogen-bond acceptors (Lipinski definition) is 2. The summed E-state index contributed by atoms with van der Waals surface area (Å²) in [5.74, 6) is 0. The van der Waals surface area contributed by atoms with Crippen molar-refractivity contribution in [3.63, 3.8) is 0 Å². The third-order valence-corrected chi connectivity index (χ3v) is 3.26. The Hall–Kier alpha value is -0.800. The molecule has 1 saturated heterocycles. The van der Waals surface area contributed by atoms with E-state index in [1.165, 1.54) is 25.1 Å². The Morgan fingerprint density at radius 2 is 2.57 bits per heavy atom. The van der Waals surface area contributed by atoms with Gasteiger partial charge in [-0.15, -0.1) is 0 Å². The van der Waals surface area contributed by atoms with E-state index in [-0.39, 0.29) is 0 Å². The van der Waals surface area contributed by atoms with Crippen molar-refractivity contribution < 1.29 is 0 Å². The van der Waals surface area contributed by atoms with Crippen molar-refractivity contribution >= 4 is 0 Å². The highest BCUT2D eigenvalue weighted by molar-refractivity contribution is 5.09. The molecule has 3 N–H and O–H groups in total. The van der Waals surface area contributed by atoms with Crippen LogP contribution >= 0.6 is 0 Å². The van der Waals surface area contributed by atoms with Gasteiger partial charge in [0.2, 0.25) is 0 Å². The van der Waals surface area contributed by atoms with Gasteiger partial charge in [-0.05, 0) is 38.4 Å². The standard InChI is InChI=1S/C11H19N3/c1-9(11-5-2-6-13-11)14-7-3-4-10(14)8-12/h2,5-6,9-10,13H,3-4,7-8,12H2,1H3/t9-,10-/m1/s1. The quantitative estimate of drug-likeness (QED) is 0.764. The predicted molar refractivity (Wildman–Crippen MR) is 58.0 cm³/mol. The second-order valence-electron chi connectivity index (χ2n) is 4.07. The number of aromatic nitrogens is 1. The molecule has 0 spiro atoms. The lowest BCUT2D eigenvalue weighted by Gasteiger charge is -2.29. The highest BCUT2D eigenvalue weighted by Gasteiger charge is 2.28. The predicted octanol–water partition coefficient (Wildman–Crippen LogP) is 1.50. The van der Waals surface area contributed by atoms with Crippen LogP contribution in [0.1, 0.15) is 31.5 Å². The number of nitrogens with two attached hydrogens (primary N) is 1. The lowest BCUT2D eigenvalue weighted by molar-refractivity contribution is 0.194. The number of H-pyrrole nitrogens is 1. The number of rotatable bonds is 3. The second-order valence-corrected chi connectivity index (χ2v) is 4.07. The SMILES string of the molecule is C[C@H](c1ccc[nH]1)N1CCC[C@@H]1CN. The van der Waals surface area contributed by atoms with Gasteiger partial charge in [0.15, 0.2) is 0 Å². The Morgan fingerprint density at radius 1 is 1.71 bits per heavy atom. The summed E-state index contributed by atoms with van der Waals surface area (Å²) in [6.07, 6.45) is 4.52. The Kier molecular flexibility index (Phi) is 2.89. The number of aromatic amines is 1. The molecule has 1 aliphatic heterocycles. The van der Waals surface area contributed by atoms with E-state index >= 15 is 0 Å². The fraction of sp³-hybridized carbons (Fsp3) is 0.636.